The molecule has 0 aliphatic carbocycles. The van der Waals surface area contributed by atoms with Gasteiger partial charge in [0.2, 0.25) is 5.78 Å². The molecule has 7 heteroatoms. The van der Waals surface area contributed by atoms with Gasteiger partial charge in [0.05, 0.1) is 21.7 Å². The molecule has 0 atom stereocenters. The van der Waals surface area contributed by atoms with E-state index in [1.165, 1.54) is 12.1 Å². The summed E-state index contributed by atoms with van der Waals surface area (Å²) in [6.45, 7) is 1.34. The summed E-state index contributed by atoms with van der Waals surface area (Å²) >= 11 is 6.41. The molecule has 0 radical (unpaired) electrons. The fraction of sp³-hybridized carbons (Fsp3) is 0.286. The Morgan fingerprint density at radius 1 is 1.33 bits per heavy atom. The Balaban J connectivity index is 2.34. The molecule has 0 unspecified atom stereocenters. The van der Waals surface area contributed by atoms with Crippen LogP contribution >= 0.6 is 31.9 Å². The summed E-state index contributed by atoms with van der Waals surface area (Å²) < 4.78 is 16.2. The number of carbonyl (C=O) groups excluding carboxylic acids is 1. The molecule has 0 aliphatic heterocycles. The van der Waals surface area contributed by atoms with E-state index in [0.717, 1.165) is 6.54 Å². The van der Waals surface area contributed by atoms with E-state index < -0.39 is 5.82 Å². The Morgan fingerprint density at radius 2 is 2.05 bits per heavy atom. The Bertz CT molecular complexity index is 670. The van der Waals surface area contributed by atoms with Crippen molar-refractivity contribution in [3.05, 3.63) is 50.4 Å². The van der Waals surface area contributed by atoms with Crippen molar-refractivity contribution in [2.75, 3.05) is 20.6 Å². The largest absolute Gasteiger partial charge is 0.308 e. The molecule has 0 aliphatic rings. The summed E-state index contributed by atoms with van der Waals surface area (Å²) in [5, 5.41) is 4.19. The molecular weight excluding hydrogens is 405 g/mol. The second-order valence-electron chi connectivity index (χ2n) is 4.83. The molecule has 2 rings (SSSR count). The number of rotatable bonds is 5. The third kappa shape index (κ3) is 3.78. The van der Waals surface area contributed by atoms with Crippen LogP contribution in [0.1, 0.15) is 16.1 Å². The summed E-state index contributed by atoms with van der Waals surface area (Å²) in [6.07, 6.45) is 1.58. The van der Waals surface area contributed by atoms with Crippen LogP contribution in [0, 0.1) is 5.82 Å². The number of hydrogen-bond acceptors (Lipinski definition) is 3. The zero-order chi connectivity index (χ0) is 15.6. The van der Waals surface area contributed by atoms with Crippen molar-refractivity contribution >= 4 is 37.6 Å². The molecule has 4 nitrogen and oxygen atoms in total. The highest BCUT2D eigenvalue weighted by molar-refractivity contribution is 9.10. The number of ketones is 1. The first-order chi connectivity index (χ1) is 9.90. The summed E-state index contributed by atoms with van der Waals surface area (Å²) in [5.41, 5.74) is 0.724. The summed E-state index contributed by atoms with van der Waals surface area (Å²) in [7, 11) is 3.90. The highest BCUT2D eigenvalue weighted by Gasteiger charge is 2.19. The third-order valence-corrected chi connectivity index (χ3v) is 4.17. The van der Waals surface area contributed by atoms with Gasteiger partial charge >= 0.3 is 0 Å². The molecule has 0 amide bonds. The van der Waals surface area contributed by atoms with Crippen LogP contribution in [0.3, 0.4) is 0 Å². The maximum absolute atomic E-state index is 13.6. The number of benzene rings is 1. The van der Waals surface area contributed by atoms with Gasteiger partial charge < -0.3 is 4.90 Å². The first-order valence-electron chi connectivity index (χ1n) is 6.26. The minimum Gasteiger partial charge on any atom is -0.308 e. The van der Waals surface area contributed by atoms with E-state index in [2.05, 4.69) is 37.0 Å². The highest BCUT2D eigenvalue weighted by Crippen LogP contribution is 2.22. The first-order valence-corrected chi connectivity index (χ1v) is 7.84. The van der Waals surface area contributed by atoms with Crippen LogP contribution in [-0.2, 0) is 6.54 Å². The van der Waals surface area contributed by atoms with Crippen LogP contribution in [0.4, 0.5) is 4.39 Å². The lowest BCUT2D eigenvalue weighted by Gasteiger charge is -2.12. The lowest BCUT2D eigenvalue weighted by atomic mass is 10.1. The number of hydrogen-bond donors (Lipinski definition) is 0. The van der Waals surface area contributed by atoms with Crippen LogP contribution in [0.2, 0.25) is 0 Å². The van der Waals surface area contributed by atoms with Gasteiger partial charge in [0.1, 0.15) is 11.5 Å². The van der Waals surface area contributed by atoms with Gasteiger partial charge in [-0.05, 0) is 64.2 Å². The first kappa shape index (κ1) is 16.3. The van der Waals surface area contributed by atoms with Gasteiger partial charge in [-0.15, -0.1) is 0 Å². The van der Waals surface area contributed by atoms with Gasteiger partial charge in [-0.3, -0.25) is 9.48 Å². The fourth-order valence-electron chi connectivity index (χ4n) is 1.83. The Kier molecular flexibility index (Phi) is 5.29. The van der Waals surface area contributed by atoms with E-state index in [0.29, 0.717) is 26.7 Å². The highest BCUT2D eigenvalue weighted by atomic mass is 79.9. The average molecular weight is 419 g/mol. The molecule has 1 aromatic carbocycles. The normalized spacial score (nSPS) is 11.1. The van der Waals surface area contributed by atoms with Crippen molar-refractivity contribution < 1.29 is 9.18 Å². The molecule has 1 heterocycles. The molecule has 1 aromatic heterocycles. The molecule has 0 N–H and O–H groups in total. The van der Waals surface area contributed by atoms with Gasteiger partial charge in [0, 0.05) is 12.1 Å². The van der Waals surface area contributed by atoms with E-state index in [1.54, 1.807) is 16.9 Å². The summed E-state index contributed by atoms with van der Waals surface area (Å²) in [6, 6.07) is 4.34. The maximum atomic E-state index is 13.6. The number of nitrogens with zero attached hydrogens (tertiary/aromatic N) is 3. The summed E-state index contributed by atoms with van der Waals surface area (Å²) in [4.78, 5) is 14.6. The predicted octanol–water partition coefficient (Wildman–Crippen LogP) is 3.34. The lowest BCUT2D eigenvalue weighted by Crippen LogP contribution is -2.21. The van der Waals surface area contributed by atoms with Crippen LogP contribution in [-0.4, -0.2) is 41.1 Å². The quantitative estimate of drug-likeness (QED) is 0.699. The lowest BCUT2D eigenvalue weighted by molar-refractivity contribution is 0.102. The Morgan fingerprint density at radius 3 is 2.67 bits per heavy atom. The maximum Gasteiger partial charge on any atom is 0.212 e. The Hall–Kier alpha value is -1.05. The molecule has 0 saturated carbocycles. The van der Waals surface area contributed by atoms with E-state index in [9.17, 15) is 9.18 Å². The van der Waals surface area contributed by atoms with Crippen LogP contribution < -0.4 is 0 Å². The van der Waals surface area contributed by atoms with Gasteiger partial charge in [-0.2, -0.15) is 5.10 Å². The zero-order valence-electron chi connectivity index (χ0n) is 11.6. The van der Waals surface area contributed by atoms with Gasteiger partial charge in [-0.25, -0.2) is 4.39 Å². The molecule has 0 saturated heterocycles. The summed E-state index contributed by atoms with van der Waals surface area (Å²) in [5.74, 6) is -0.721. The van der Waals surface area contributed by atoms with E-state index in [4.69, 9.17) is 0 Å². The smallest absolute Gasteiger partial charge is 0.212 e. The molecule has 0 bridgehead atoms. The van der Waals surface area contributed by atoms with Crippen LogP contribution in [0.25, 0.3) is 0 Å². The predicted molar refractivity (Wildman–Crippen MR) is 86.0 cm³/mol. The van der Waals surface area contributed by atoms with Crippen molar-refractivity contribution in [2.45, 2.75) is 6.54 Å². The number of carbonyl (C=O) groups is 1. The number of halogens is 3. The van der Waals surface area contributed by atoms with Crippen molar-refractivity contribution in [3.8, 4) is 0 Å². The number of aromatic nitrogens is 2. The molecular formula is C14H14Br2FN3O. The van der Waals surface area contributed by atoms with Gasteiger partial charge in [-0.1, -0.05) is 0 Å². The second-order valence-corrected chi connectivity index (χ2v) is 6.53. The standard InChI is InChI=1S/C14H14Br2FN3O/c1-19(2)5-6-20-13(11(16)8-18-20)14(21)9-3-4-10(15)12(17)7-9/h3-4,7-8H,5-6H2,1-2H3. The number of likely N-dealkylation sites (N-methyl/N-ethyl adjacent to an activating group) is 1. The van der Waals surface area contributed by atoms with E-state index >= 15 is 0 Å². The molecule has 0 spiro atoms. The minimum atomic E-state index is -0.462. The molecule has 112 valence electrons. The van der Waals surface area contributed by atoms with Crippen molar-refractivity contribution in [1.82, 2.24) is 14.7 Å². The van der Waals surface area contributed by atoms with Gasteiger partial charge in [0.15, 0.2) is 0 Å². The third-order valence-electron chi connectivity index (χ3n) is 2.95. The molecule has 0 fully saturated rings. The SMILES string of the molecule is CN(C)CCn1ncc(Br)c1C(=O)c1ccc(Br)c(F)c1. The second kappa shape index (κ2) is 6.81. The zero-order valence-corrected chi connectivity index (χ0v) is 14.8. The van der Waals surface area contributed by atoms with Crippen molar-refractivity contribution in [2.24, 2.45) is 0 Å². The van der Waals surface area contributed by atoms with E-state index in [1.807, 2.05) is 19.0 Å². The molecule has 2 aromatic rings. The van der Waals surface area contributed by atoms with Crippen LogP contribution in [0.15, 0.2) is 33.3 Å². The topological polar surface area (TPSA) is 38.1 Å². The van der Waals surface area contributed by atoms with Crippen LogP contribution in [0.5, 0.6) is 0 Å². The molecule has 21 heavy (non-hydrogen) atoms. The van der Waals surface area contributed by atoms with Crippen molar-refractivity contribution in [1.29, 1.82) is 0 Å². The average Bonchev–Trinajstić information content (AvgIpc) is 2.80. The van der Waals surface area contributed by atoms with Gasteiger partial charge in [0.25, 0.3) is 0 Å². The van der Waals surface area contributed by atoms with Crippen molar-refractivity contribution in [3.63, 3.8) is 0 Å². The minimum absolute atomic E-state index is 0.260. The Labute approximate surface area is 139 Å². The van der Waals surface area contributed by atoms with E-state index in [-0.39, 0.29) is 5.78 Å². The fourth-order valence-corrected chi connectivity index (χ4v) is 2.55. The monoisotopic (exact) mass is 417 g/mol.